The fourth-order valence-corrected chi connectivity index (χ4v) is 2.94. The summed E-state index contributed by atoms with van der Waals surface area (Å²) in [6.07, 6.45) is 2.47. The Kier molecular flexibility index (Phi) is 6.80. The highest BCUT2D eigenvalue weighted by atomic mass is 16.2. The van der Waals surface area contributed by atoms with Gasteiger partial charge in [0, 0.05) is 29.7 Å². The lowest BCUT2D eigenvalue weighted by molar-refractivity contribution is 0.0949. The van der Waals surface area contributed by atoms with Crippen molar-refractivity contribution < 1.29 is 9.59 Å². The Labute approximate surface area is 175 Å². The predicted octanol–water partition coefficient (Wildman–Crippen LogP) is 3.87. The highest BCUT2D eigenvalue weighted by molar-refractivity contribution is 6.04. The van der Waals surface area contributed by atoms with Crippen molar-refractivity contribution in [2.75, 3.05) is 11.9 Å². The first-order valence-corrected chi connectivity index (χ1v) is 9.92. The number of benzene rings is 2. The van der Waals surface area contributed by atoms with Crippen molar-refractivity contribution in [2.45, 2.75) is 20.3 Å². The van der Waals surface area contributed by atoms with Gasteiger partial charge in [-0.3, -0.25) is 19.0 Å². The zero-order chi connectivity index (χ0) is 21.5. The van der Waals surface area contributed by atoms with E-state index in [0.29, 0.717) is 29.4 Å². The second kappa shape index (κ2) is 9.69. The van der Waals surface area contributed by atoms with E-state index in [-0.39, 0.29) is 22.9 Å². The summed E-state index contributed by atoms with van der Waals surface area (Å²) in [4.78, 5) is 37.4. The van der Waals surface area contributed by atoms with Crippen LogP contribution in [0.25, 0.3) is 5.69 Å². The largest absolute Gasteiger partial charge is 0.352 e. The molecule has 30 heavy (non-hydrogen) atoms. The Morgan fingerprint density at radius 2 is 1.60 bits per heavy atom. The molecule has 0 bridgehead atoms. The number of amides is 2. The van der Waals surface area contributed by atoms with Crippen LogP contribution in [0.3, 0.4) is 0 Å². The van der Waals surface area contributed by atoms with Crippen LogP contribution in [0.5, 0.6) is 0 Å². The second-order valence-corrected chi connectivity index (χ2v) is 7.40. The lowest BCUT2D eigenvalue weighted by Crippen LogP contribution is -2.33. The summed E-state index contributed by atoms with van der Waals surface area (Å²) >= 11 is 0. The molecule has 1 aromatic heterocycles. The molecule has 3 rings (SSSR count). The molecule has 2 amide bonds. The van der Waals surface area contributed by atoms with E-state index in [4.69, 9.17) is 0 Å². The minimum atomic E-state index is -0.388. The molecule has 0 saturated heterocycles. The molecule has 1 heterocycles. The monoisotopic (exact) mass is 403 g/mol. The number of rotatable bonds is 7. The Bertz CT molecular complexity index is 1070. The first-order valence-electron chi connectivity index (χ1n) is 9.92. The molecule has 0 spiro atoms. The molecule has 0 atom stereocenters. The SMILES string of the molecule is CC(C)CCNC(=O)c1cccn(-c2ccc(NC(=O)c3ccccc3)cc2)c1=O. The molecule has 0 aliphatic rings. The number of hydrogen-bond acceptors (Lipinski definition) is 3. The molecule has 3 aromatic rings. The summed E-state index contributed by atoms with van der Waals surface area (Å²) in [5, 5.41) is 5.62. The molecule has 0 radical (unpaired) electrons. The third-order valence-electron chi connectivity index (χ3n) is 4.64. The third-order valence-corrected chi connectivity index (χ3v) is 4.64. The maximum absolute atomic E-state index is 12.8. The number of carbonyl (C=O) groups excluding carboxylic acids is 2. The summed E-state index contributed by atoms with van der Waals surface area (Å²) in [5.74, 6) is -0.110. The standard InChI is InChI=1S/C24H25N3O3/c1-17(2)14-15-25-23(29)21-9-6-16-27(24(21)30)20-12-10-19(11-13-20)26-22(28)18-7-4-3-5-8-18/h3-13,16-17H,14-15H2,1-2H3,(H,25,29)(H,26,28). The smallest absolute Gasteiger partial charge is 0.267 e. The van der Waals surface area contributed by atoms with Crippen LogP contribution < -0.4 is 16.2 Å². The molecule has 0 aliphatic heterocycles. The molecular weight excluding hydrogens is 378 g/mol. The Balaban J connectivity index is 1.74. The van der Waals surface area contributed by atoms with Gasteiger partial charge in [0.15, 0.2) is 0 Å². The first kappa shape index (κ1) is 21.0. The van der Waals surface area contributed by atoms with Crippen LogP contribution in [0.2, 0.25) is 0 Å². The number of aromatic nitrogens is 1. The van der Waals surface area contributed by atoms with Gasteiger partial charge in [0.1, 0.15) is 5.56 Å². The topological polar surface area (TPSA) is 80.2 Å². The quantitative estimate of drug-likeness (QED) is 0.629. The number of nitrogens with one attached hydrogen (secondary N) is 2. The minimum absolute atomic E-state index is 0.0997. The van der Waals surface area contributed by atoms with Crippen LogP contribution in [0, 0.1) is 5.92 Å². The van der Waals surface area contributed by atoms with E-state index in [1.165, 1.54) is 10.6 Å². The van der Waals surface area contributed by atoms with Crippen molar-refractivity contribution in [2.24, 2.45) is 5.92 Å². The summed E-state index contributed by atoms with van der Waals surface area (Å²) in [7, 11) is 0. The van der Waals surface area contributed by atoms with Gasteiger partial charge in [-0.1, -0.05) is 32.0 Å². The lowest BCUT2D eigenvalue weighted by atomic mass is 10.1. The van der Waals surface area contributed by atoms with Gasteiger partial charge in [0.25, 0.3) is 17.4 Å². The van der Waals surface area contributed by atoms with E-state index in [2.05, 4.69) is 24.5 Å². The molecule has 154 valence electrons. The highest BCUT2D eigenvalue weighted by Gasteiger charge is 2.13. The number of hydrogen-bond donors (Lipinski definition) is 2. The van der Waals surface area contributed by atoms with Gasteiger partial charge in [-0.25, -0.2) is 0 Å². The molecule has 0 fully saturated rings. The van der Waals surface area contributed by atoms with Crippen LogP contribution in [0.4, 0.5) is 5.69 Å². The minimum Gasteiger partial charge on any atom is -0.352 e. The van der Waals surface area contributed by atoms with Crippen molar-refractivity contribution >= 4 is 17.5 Å². The van der Waals surface area contributed by atoms with Crippen molar-refractivity contribution in [3.8, 4) is 5.69 Å². The number of nitrogens with zero attached hydrogens (tertiary/aromatic N) is 1. The van der Waals surface area contributed by atoms with Crippen molar-refractivity contribution in [3.05, 3.63) is 94.4 Å². The van der Waals surface area contributed by atoms with Crippen LogP contribution in [-0.2, 0) is 0 Å². The maximum atomic E-state index is 12.8. The Morgan fingerprint density at radius 1 is 0.900 bits per heavy atom. The van der Waals surface area contributed by atoms with E-state index >= 15 is 0 Å². The zero-order valence-corrected chi connectivity index (χ0v) is 17.1. The van der Waals surface area contributed by atoms with Crippen LogP contribution >= 0.6 is 0 Å². The fourth-order valence-electron chi connectivity index (χ4n) is 2.94. The average molecular weight is 403 g/mol. The van der Waals surface area contributed by atoms with E-state index in [1.54, 1.807) is 60.8 Å². The van der Waals surface area contributed by atoms with Crippen LogP contribution in [0.15, 0.2) is 77.7 Å². The molecule has 2 aromatic carbocycles. The molecule has 0 saturated carbocycles. The first-order chi connectivity index (χ1) is 14.5. The molecule has 0 aliphatic carbocycles. The van der Waals surface area contributed by atoms with Gasteiger partial charge in [0.2, 0.25) is 0 Å². The molecule has 0 unspecified atom stereocenters. The third kappa shape index (κ3) is 5.23. The average Bonchev–Trinajstić information content (AvgIpc) is 2.75. The van der Waals surface area contributed by atoms with Gasteiger partial charge in [0.05, 0.1) is 0 Å². The van der Waals surface area contributed by atoms with Gasteiger partial charge in [-0.2, -0.15) is 0 Å². The van der Waals surface area contributed by atoms with Gasteiger partial charge in [-0.05, 0) is 60.9 Å². The highest BCUT2D eigenvalue weighted by Crippen LogP contribution is 2.14. The van der Waals surface area contributed by atoms with E-state index in [9.17, 15) is 14.4 Å². The Morgan fingerprint density at radius 3 is 2.27 bits per heavy atom. The Hall–Kier alpha value is -3.67. The summed E-state index contributed by atoms with van der Waals surface area (Å²) in [6, 6.07) is 19.0. The molecule has 6 nitrogen and oxygen atoms in total. The van der Waals surface area contributed by atoms with Crippen molar-refractivity contribution in [1.82, 2.24) is 9.88 Å². The normalized spacial score (nSPS) is 10.6. The summed E-state index contributed by atoms with van der Waals surface area (Å²) < 4.78 is 1.42. The van der Waals surface area contributed by atoms with E-state index < -0.39 is 0 Å². The zero-order valence-electron chi connectivity index (χ0n) is 17.1. The fraction of sp³-hybridized carbons (Fsp3) is 0.208. The van der Waals surface area contributed by atoms with Gasteiger partial charge in [-0.15, -0.1) is 0 Å². The van der Waals surface area contributed by atoms with E-state index in [1.807, 2.05) is 6.07 Å². The lowest BCUT2D eigenvalue weighted by Gasteiger charge is -2.11. The second-order valence-electron chi connectivity index (χ2n) is 7.40. The predicted molar refractivity (Wildman–Crippen MR) is 118 cm³/mol. The number of carbonyl (C=O) groups is 2. The van der Waals surface area contributed by atoms with Crippen LogP contribution in [-0.4, -0.2) is 22.9 Å². The van der Waals surface area contributed by atoms with Gasteiger partial charge < -0.3 is 10.6 Å². The van der Waals surface area contributed by atoms with Gasteiger partial charge >= 0.3 is 0 Å². The summed E-state index contributed by atoms with van der Waals surface area (Å²) in [5.41, 5.74) is 1.50. The molecule has 6 heteroatoms. The number of anilines is 1. The molecular formula is C24H25N3O3. The number of pyridine rings is 1. The molecule has 2 N–H and O–H groups in total. The van der Waals surface area contributed by atoms with E-state index in [0.717, 1.165) is 6.42 Å². The van der Waals surface area contributed by atoms with Crippen molar-refractivity contribution in [1.29, 1.82) is 0 Å². The maximum Gasteiger partial charge on any atom is 0.267 e. The van der Waals surface area contributed by atoms with Crippen molar-refractivity contribution in [3.63, 3.8) is 0 Å². The van der Waals surface area contributed by atoms with Crippen LogP contribution in [0.1, 0.15) is 41.0 Å². The summed E-state index contributed by atoms with van der Waals surface area (Å²) in [6.45, 7) is 4.68.